The molecule has 2 aromatic rings. The standard InChI is InChI=1S/C16H22N2/c1-3-12-5-4-6-15-13(11-18(2)16(12)15)9-10-17-14-7-8-14/h4-6,11,14,17H,3,7-10H2,1-2H3. The van der Waals surface area contributed by atoms with E-state index in [1.54, 1.807) is 0 Å². The van der Waals surface area contributed by atoms with Crippen LogP contribution in [0.5, 0.6) is 0 Å². The lowest BCUT2D eigenvalue weighted by atomic mass is 10.1. The number of hydrogen-bond acceptors (Lipinski definition) is 1. The third kappa shape index (κ3) is 2.17. The topological polar surface area (TPSA) is 17.0 Å². The number of aromatic nitrogens is 1. The Labute approximate surface area is 109 Å². The van der Waals surface area contributed by atoms with Gasteiger partial charge >= 0.3 is 0 Å². The highest BCUT2D eigenvalue weighted by Crippen LogP contribution is 2.25. The average molecular weight is 242 g/mol. The molecule has 1 aromatic heterocycles. The highest BCUT2D eigenvalue weighted by atomic mass is 14.9. The first kappa shape index (κ1) is 11.8. The maximum absolute atomic E-state index is 3.60. The molecule has 1 aliphatic carbocycles. The van der Waals surface area contributed by atoms with Crippen LogP contribution in [0.15, 0.2) is 24.4 Å². The molecule has 1 N–H and O–H groups in total. The summed E-state index contributed by atoms with van der Waals surface area (Å²) in [7, 11) is 2.17. The Morgan fingerprint density at radius 2 is 2.11 bits per heavy atom. The Balaban J connectivity index is 1.86. The molecule has 1 saturated carbocycles. The summed E-state index contributed by atoms with van der Waals surface area (Å²) in [5.41, 5.74) is 4.36. The number of para-hydroxylation sites is 1. The van der Waals surface area contributed by atoms with Crippen molar-refractivity contribution in [1.29, 1.82) is 0 Å². The molecule has 0 unspecified atom stereocenters. The molecule has 18 heavy (non-hydrogen) atoms. The lowest BCUT2D eigenvalue weighted by Gasteiger charge is -2.04. The second-order valence-corrected chi connectivity index (χ2v) is 5.41. The molecule has 2 heteroatoms. The van der Waals surface area contributed by atoms with Crippen LogP contribution in [0.1, 0.15) is 30.9 Å². The van der Waals surface area contributed by atoms with Crippen molar-refractivity contribution < 1.29 is 0 Å². The van der Waals surface area contributed by atoms with E-state index in [-0.39, 0.29) is 0 Å². The van der Waals surface area contributed by atoms with Crippen LogP contribution in [0.3, 0.4) is 0 Å². The summed E-state index contributed by atoms with van der Waals surface area (Å²) < 4.78 is 2.29. The van der Waals surface area contributed by atoms with Crippen LogP contribution >= 0.6 is 0 Å². The fraction of sp³-hybridized carbons (Fsp3) is 0.500. The Morgan fingerprint density at radius 1 is 1.28 bits per heavy atom. The minimum atomic E-state index is 0.811. The number of benzene rings is 1. The summed E-state index contributed by atoms with van der Waals surface area (Å²) in [6.07, 6.45) is 7.29. The number of nitrogens with zero attached hydrogens (tertiary/aromatic N) is 1. The van der Waals surface area contributed by atoms with Crippen molar-refractivity contribution in [1.82, 2.24) is 9.88 Å². The molecule has 0 bridgehead atoms. The maximum atomic E-state index is 3.60. The quantitative estimate of drug-likeness (QED) is 0.852. The van der Waals surface area contributed by atoms with E-state index < -0.39 is 0 Å². The van der Waals surface area contributed by atoms with E-state index in [2.05, 4.69) is 48.3 Å². The first-order valence-electron chi connectivity index (χ1n) is 7.08. The lowest BCUT2D eigenvalue weighted by molar-refractivity contribution is 0.682. The van der Waals surface area contributed by atoms with Crippen molar-refractivity contribution in [2.45, 2.75) is 38.6 Å². The molecule has 3 rings (SSSR count). The molecule has 1 aromatic carbocycles. The van der Waals surface area contributed by atoms with Gasteiger partial charge in [-0.25, -0.2) is 0 Å². The number of rotatable bonds is 5. The van der Waals surface area contributed by atoms with E-state index in [0.29, 0.717) is 0 Å². The molecule has 2 nitrogen and oxygen atoms in total. The summed E-state index contributed by atoms with van der Waals surface area (Å²) in [6.45, 7) is 3.34. The number of aryl methyl sites for hydroxylation is 2. The molecule has 1 heterocycles. The first-order valence-corrected chi connectivity index (χ1v) is 7.08. The Bertz CT molecular complexity index is 549. The molecule has 0 radical (unpaired) electrons. The third-order valence-electron chi connectivity index (χ3n) is 3.95. The second-order valence-electron chi connectivity index (χ2n) is 5.41. The van der Waals surface area contributed by atoms with Gasteiger partial charge < -0.3 is 9.88 Å². The van der Waals surface area contributed by atoms with Crippen LogP contribution in [0.25, 0.3) is 10.9 Å². The van der Waals surface area contributed by atoms with Gasteiger partial charge in [0.1, 0.15) is 0 Å². The molecule has 0 spiro atoms. The van der Waals surface area contributed by atoms with Crippen molar-refractivity contribution in [3.05, 3.63) is 35.5 Å². The molecule has 0 amide bonds. The highest BCUT2D eigenvalue weighted by molar-refractivity contribution is 5.86. The fourth-order valence-corrected chi connectivity index (χ4v) is 2.82. The van der Waals surface area contributed by atoms with Crippen molar-refractivity contribution in [3.63, 3.8) is 0 Å². The zero-order valence-electron chi connectivity index (χ0n) is 11.4. The predicted molar refractivity (Wildman–Crippen MR) is 77.0 cm³/mol. The first-order chi connectivity index (χ1) is 8.79. The smallest absolute Gasteiger partial charge is 0.0512 e. The van der Waals surface area contributed by atoms with Gasteiger partial charge in [-0.05, 0) is 43.4 Å². The molecular weight excluding hydrogens is 220 g/mol. The molecule has 96 valence electrons. The van der Waals surface area contributed by atoms with Crippen LogP contribution in [0.4, 0.5) is 0 Å². The summed E-state index contributed by atoms with van der Waals surface area (Å²) >= 11 is 0. The van der Waals surface area contributed by atoms with Crippen LogP contribution in [0, 0.1) is 0 Å². The normalized spacial score (nSPS) is 15.4. The van der Waals surface area contributed by atoms with Crippen molar-refractivity contribution in [2.75, 3.05) is 6.54 Å². The monoisotopic (exact) mass is 242 g/mol. The van der Waals surface area contributed by atoms with Crippen LogP contribution in [0.2, 0.25) is 0 Å². The van der Waals surface area contributed by atoms with Gasteiger partial charge in [0, 0.05) is 24.7 Å². The van der Waals surface area contributed by atoms with E-state index in [9.17, 15) is 0 Å². The Kier molecular flexibility index (Phi) is 3.13. The van der Waals surface area contributed by atoms with E-state index in [4.69, 9.17) is 0 Å². The zero-order chi connectivity index (χ0) is 12.5. The number of hydrogen-bond donors (Lipinski definition) is 1. The van der Waals surface area contributed by atoms with Gasteiger partial charge in [0.25, 0.3) is 0 Å². The maximum Gasteiger partial charge on any atom is 0.0512 e. The third-order valence-corrected chi connectivity index (χ3v) is 3.95. The molecular formula is C16H22N2. The SMILES string of the molecule is CCc1cccc2c(CCNC3CC3)cn(C)c12. The number of nitrogens with one attached hydrogen (secondary N) is 1. The van der Waals surface area contributed by atoms with E-state index in [1.165, 1.54) is 34.9 Å². The van der Waals surface area contributed by atoms with Crippen molar-refractivity contribution >= 4 is 10.9 Å². The van der Waals surface area contributed by atoms with Gasteiger partial charge in [-0.1, -0.05) is 25.1 Å². The van der Waals surface area contributed by atoms with Crippen molar-refractivity contribution in [3.8, 4) is 0 Å². The average Bonchev–Trinajstić information content (AvgIpc) is 3.15. The molecule has 0 aliphatic heterocycles. The van der Waals surface area contributed by atoms with Crippen LogP contribution in [-0.4, -0.2) is 17.2 Å². The van der Waals surface area contributed by atoms with Gasteiger partial charge in [0.2, 0.25) is 0 Å². The minimum absolute atomic E-state index is 0.811. The molecule has 1 fully saturated rings. The van der Waals surface area contributed by atoms with Gasteiger partial charge in [0.05, 0.1) is 5.52 Å². The lowest BCUT2D eigenvalue weighted by Crippen LogP contribution is -2.19. The van der Waals surface area contributed by atoms with Crippen molar-refractivity contribution in [2.24, 2.45) is 7.05 Å². The summed E-state index contributed by atoms with van der Waals surface area (Å²) in [5.74, 6) is 0. The molecule has 1 aliphatic rings. The van der Waals surface area contributed by atoms with Gasteiger partial charge in [-0.3, -0.25) is 0 Å². The van der Waals surface area contributed by atoms with Crippen LogP contribution < -0.4 is 5.32 Å². The summed E-state index contributed by atoms with van der Waals surface area (Å²) in [5, 5.41) is 5.04. The zero-order valence-corrected chi connectivity index (χ0v) is 11.4. The highest BCUT2D eigenvalue weighted by Gasteiger charge is 2.20. The molecule has 0 atom stereocenters. The van der Waals surface area contributed by atoms with Gasteiger partial charge in [-0.2, -0.15) is 0 Å². The van der Waals surface area contributed by atoms with E-state index in [1.807, 2.05) is 0 Å². The fourth-order valence-electron chi connectivity index (χ4n) is 2.82. The van der Waals surface area contributed by atoms with E-state index >= 15 is 0 Å². The van der Waals surface area contributed by atoms with Gasteiger partial charge in [-0.15, -0.1) is 0 Å². The number of fused-ring (bicyclic) bond motifs is 1. The molecule has 0 saturated heterocycles. The Hall–Kier alpha value is -1.28. The minimum Gasteiger partial charge on any atom is -0.350 e. The van der Waals surface area contributed by atoms with Gasteiger partial charge in [0.15, 0.2) is 0 Å². The largest absolute Gasteiger partial charge is 0.350 e. The Morgan fingerprint density at radius 3 is 2.83 bits per heavy atom. The predicted octanol–water partition coefficient (Wildman–Crippen LogP) is 3.04. The second kappa shape index (κ2) is 4.77. The summed E-state index contributed by atoms with van der Waals surface area (Å²) in [6, 6.07) is 7.51. The van der Waals surface area contributed by atoms with Crippen LogP contribution in [-0.2, 0) is 19.9 Å². The summed E-state index contributed by atoms with van der Waals surface area (Å²) in [4.78, 5) is 0. The van der Waals surface area contributed by atoms with E-state index in [0.717, 1.165) is 25.4 Å².